The van der Waals surface area contributed by atoms with Crippen LogP contribution in [-0.2, 0) is 21.9 Å². The number of imidazole rings is 1. The molecular formula is C44H56ClN11O6S. The number of nitrogens with one attached hydrogen (secondary N) is 3. The molecule has 1 aliphatic carbocycles. The van der Waals surface area contributed by atoms with E-state index in [9.17, 15) is 27.9 Å². The van der Waals surface area contributed by atoms with Gasteiger partial charge in [-0.15, -0.1) is 0 Å². The van der Waals surface area contributed by atoms with Crippen LogP contribution in [0.15, 0.2) is 63.1 Å². The monoisotopic (exact) mass is 901 g/mol. The molecule has 0 spiro atoms. The molecule has 4 aliphatic rings. The molecule has 4 N–H and O–H groups in total. The molecule has 4 fully saturated rings. The summed E-state index contributed by atoms with van der Waals surface area (Å²) in [5.41, 5.74) is 3.87. The van der Waals surface area contributed by atoms with E-state index in [1.54, 1.807) is 46.6 Å². The number of benzene rings is 2. The average molecular weight is 903 g/mol. The van der Waals surface area contributed by atoms with Gasteiger partial charge in [-0.25, -0.2) is 22.9 Å². The lowest BCUT2D eigenvalue weighted by molar-refractivity contribution is -0.130. The lowest BCUT2D eigenvalue weighted by Crippen LogP contribution is -2.58. The second-order valence-corrected chi connectivity index (χ2v) is 20.2. The predicted octanol–water partition coefficient (Wildman–Crippen LogP) is 3.84. The van der Waals surface area contributed by atoms with Gasteiger partial charge in [0.05, 0.1) is 15.9 Å². The van der Waals surface area contributed by atoms with Crippen LogP contribution in [0.1, 0.15) is 70.0 Å². The number of fused-ring (bicyclic) bond motifs is 2. The van der Waals surface area contributed by atoms with Gasteiger partial charge in [0.25, 0.3) is 5.56 Å². The first kappa shape index (κ1) is 43.4. The van der Waals surface area contributed by atoms with Crippen molar-refractivity contribution in [2.24, 2.45) is 13.0 Å². The summed E-state index contributed by atoms with van der Waals surface area (Å²) in [4.78, 5) is 55.3. The van der Waals surface area contributed by atoms with Crippen LogP contribution < -0.4 is 31.5 Å². The largest absolute Gasteiger partial charge is 0.374 e. The first-order valence-corrected chi connectivity index (χ1v) is 23.9. The zero-order valence-corrected chi connectivity index (χ0v) is 37.7. The van der Waals surface area contributed by atoms with Crippen molar-refractivity contribution < 1.29 is 18.3 Å². The van der Waals surface area contributed by atoms with Gasteiger partial charge in [0.15, 0.2) is 0 Å². The predicted molar refractivity (Wildman–Crippen MR) is 243 cm³/mol. The number of aliphatic hydroxyl groups is 1. The molecule has 1 saturated carbocycles. The first-order chi connectivity index (χ1) is 30.1. The van der Waals surface area contributed by atoms with Crippen molar-refractivity contribution in [3.63, 3.8) is 0 Å². The SMILES string of the molecule is Cc1cc(S(=O)(=O)NC2CC(N3CCN(CC4CCN(c5ccc6c(c5)n(C)c(=O)n6C5CCC(O)NC5=O)CC4)CC3)C2)ccc1Nc1ncc2cc(Cl)c(=O)n(C(C)C)c2n1. The van der Waals surface area contributed by atoms with E-state index < -0.39 is 22.3 Å². The Morgan fingerprint density at radius 3 is 2.38 bits per heavy atom. The van der Waals surface area contributed by atoms with Gasteiger partial charge in [-0.2, -0.15) is 4.98 Å². The van der Waals surface area contributed by atoms with Crippen LogP contribution in [0.3, 0.4) is 0 Å². The van der Waals surface area contributed by atoms with Crippen molar-refractivity contribution in [3.05, 3.63) is 80.1 Å². The molecule has 2 atom stereocenters. The molecule has 336 valence electrons. The molecule has 9 rings (SSSR count). The highest BCUT2D eigenvalue weighted by molar-refractivity contribution is 7.89. The van der Waals surface area contributed by atoms with Crippen molar-refractivity contribution >= 4 is 66.9 Å². The Bertz CT molecular complexity index is 2790. The molecule has 17 nitrogen and oxygen atoms in total. The van der Waals surface area contributed by atoms with Crippen LogP contribution in [0.2, 0.25) is 5.02 Å². The van der Waals surface area contributed by atoms with Crippen LogP contribution >= 0.6 is 11.6 Å². The number of sulfonamides is 1. The van der Waals surface area contributed by atoms with E-state index in [-0.39, 0.29) is 45.1 Å². The smallest absolute Gasteiger partial charge is 0.329 e. The Labute approximate surface area is 371 Å². The third-order valence-electron chi connectivity index (χ3n) is 13.6. The molecule has 19 heteroatoms. The van der Waals surface area contributed by atoms with E-state index in [1.165, 1.54) is 4.57 Å². The molecule has 6 heterocycles. The maximum atomic E-state index is 13.5. The van der Waals surface area contributed by atoms with Gasteiger partial charge in [0.1, 0.15) is 22.9 Å². The zero-order valence-electron chi connectivity index (χ0n) is 36.1. The number of piperazine rings is 1. The number of piperidine rings is 2. The number of hydrogen-bond donors (Lipinski definition) is 4. The Kier molecular flexibility index (Phi) is 11.9. The number of aryl methyl sites for hydroxylation is 2. The van der Waals surface area contributed by atoms with Crippen LogP contribution in [-0.4, -0.2) is 117 Å². The fourth-order valence-electron chi connectivity index (χ4n) is 9.88. The summed E-state index contributed by atoms with van der Waals surface area (Å²) in [7, 11) is -1.99. The van der Waals surface area contributed by atoms with Crippen LogP contribution in [0.5, 0.6) is 0 Å². The highest BCUT2D eigenvalue weighted by Gasteiger charge is 2.38. The van der Waals surface area contributed by atoms with Crippen molar-refractivity contribution in [3.8, 4) is 0 Å². The summed E-state index contributed by atoms with van der Waals surface area (Å²) in [6.07, 6.45) is 5.30. The molecular weight excluding hydrogens is 846 g/mol. The van der Waals surface area contributed by atoms with Gasteiger partial charge < -0.3 is 25.5 Å². The number of carbonyl (C=O) groups is 1. The van der Waals surface area contributed by atoms with Crippen LogP contribution in [0, 0.1) is 12.8 Å². The van der Waals surface area contributed by atoms with Crippen molar-refractivity contribution in [2.45, 2.75) is 94.6 Å². The Morgan fingerprint density at radius 1 is 0.937 bits per heavy atom. The maximum Gasteiger partial charge on any atom is 0.329 e. The lowest BCUT2D eigenvalue weighted by Gasteiger charge is -2.47. The summed E-state index contributed by atoms with van der Waals surface area (Å²) < 4.78 is 34.6. The van der Waals surface area contributed by atoms with Crippen molar-refractivity contribution in [1.82, 2.24) is 43.5 Å². The summed E-state index contributed by atoms with van der Waals surface area (Å²) >= 11 is 6.17. The minimum absolute atomic E-state index is 0.105. The van der Waals surface area contributed by atoms with Gasteiger partial charge in [-0.1, -0.05) is 11.6 Å². The fraction of sp³-hybridized carbons (Fsp3) is 0.523. The van der Waals surface area contributed by atoms with E-state index in [0.29, 0.717) is 47.1 Å². The third-order valence-corrected chi connectivity index (χ3v) is 15.4. The molecule has 0 bridgehead atoms. The number of aliphatic hydroxyl groups excluding tert-OH is 1. The Morgan fingerprint density at radius 2 is 1.68 bits per heavy atom. The van der Waals surface area contributed by atoms with E-state index in [0.717, 1.165) is 88.2 Å². The quantitative estimate of drug-likeness (QED) is 0.150. The lowest BCUT2D eigenvalue weighted by atomic mass is 9.86. The number of rotatable bonds is 11. The van der Waals surface area contributed by atoms with E-state index in [4.69, 9.17) is 11.6 Å². The van der Waals surface area contributed by atoms with Crippen molar-refractivity contribution in [2.75, 3.05) is 56.0 Å². The fourth-order valence-corrected chi connectivity index (χ4v) is 11.4. The van der Waals surface area contributed by atoms with Crippen LogP contribution in [0.25, 0.3) is 22.1 Å². The van der Waals surface area contributed by atoms with Gasteiger partial charge in [-0.3, -0.25) is 28.2 Å². The summed E-state index contributed by atoms with van der Waals surface area (Å²) in [6.45, 7) is 12.5. The molecule has 5 aromatic rings. The number of carbonyl (C=O) groups excluding carboxylic acids is 1. The average Bonchev–Trinajstić information content (AvgIpc) is 3.48. The second-order valence-electron chi connectivity index (χ2n) is 18.0. The van der Waals surface area contributed by atoms with E-state index >= 15 is 0 Å². The highest BCUT2D eigenvalue weighted by atomic mass is 35.5. The number of amides is 1. The standard InChI is InChI=1S/C44H56ClN11O6S/c1-26(2)55-40-29(20-34(45)42(55)59)24-46-43(49-40)47-35-7-6-33(19-27(35)3)63(61,62)50-30-21-32(22-30)54-17-15-52(16-18-54)25-28-11-13-53(14-12-28)31-5-8-36-38(23-31)51(4)44(60)56(36)37-9-10-39(57)48-41(37)58/h5-8,19-20,23-24,26,28,30,32,37,39,50,57H,9-18,21-22,25H2,1-4H3,(H,48,58)(H,46,47,49). The molecule has 3 saturated heterocycles. The van der Waals surface area contributed by atoms with Crippen molar-refractivity contribution in [1.29, 1.82) is 0 Å². The molecule has 2 unspecified atom stereocenters. The molecule has 3 aliphatic heterocycles. The third kappa shape index (κ3) is 8.60. The molecule has 0 radical (unpaired) electrons. The summed E-state index contributed by atoms with van der Waals surface area (Å²) in [6, 6.07) is 12.0. The summed E-state index contributed by atoms with van der Waals surface area (Å²) in [5, 5.41) is 16.3. The number of aromatic nitrogens is 5. The topological polar surface area (TPSA) is 192 Å². The normalized spacial score (nSPS) is 23.1. The van der Waals surface area contributed by atoms with Gasteiger partial charge >= 0.3 is 5.69 Å². The van der Waals surface area contributed by atoms with Gasteiger partial charge in [0, 0.05) is 93.9 Å². The van der Waals surface area contributed by atoms with Gasteiger partial charge in [0.2, 0.25) is 21.9 Å². The van der Waals surface area contributed by atoms with E-state index in [1.807, 2.05) is 26.8 Å². The second kappa shape index (κ2) is 17.3. The van der Waals surface area contributed by atoms with Gasteiger partial charge in [-0.05, 0) is 113 Å². The minimum Gasteiger partial charge on any atom is -0.374 e. The first-order valence-electron chi connectivity index (χ1n) is 22.0. The summed E-state index contributed by atoms with van der Waals surface area (Å²) in [5.74, 6) is 0.559. The molecule has 3 aromatic heterocycles. The Balaban J connectivity index is 0.726. The number of hydrogen-bond acceptors (Lipinski definition) is 12. The minimum atomic E-state index is -3.73. The maximum absolute atomic E-state index is 13.5. The number of anilines is 3. The van der Waals surface area contributed by atoms with Crippen LogP contribution in [0.4, 0.5) is 17.3 Å². The highest BCUT2D eigenvalue weighted by Crippen LogP contribution is 2.32. The molecule has 63 heavy (non-hydrogen) atoms. The van der Waals surface area contributed by atoms with E-state index in [2.05, 4.69) is 52.2 Å². The molecule has 1 amide bonds. The number of pyridine rings is 1. The zero-order chi connectivity index (χ0) is 44.3. The Hall–Kier alpha value is -4.85. The number of nitrogens with zero attached hydrogens (tertiary/aromatic N) is 8. The number of halogens is 1. The molecule has 2 aromatic carbocycles.